The van der Waals surface area contributed by atoms with Gasteiger partial charge in [0.25, 0.3) is 0 Å². The van der Waals surface area contributed by atoms with Gasteiger partial charge < -0.3 is 10.1 Å². The Morgan fingerprint density at radius 2 is 2.00 bits per heavy atom. The molecule has 2 rings (SSSR count). The van der Waals surface area contributed by atoms with Gasteiger partial charge in [-0.05, 0) is 39.7 Å². The van der Waals surface area contributed by atoms with Crippen LogP contribution in [0.3, 0.4) is 0 Å². The van der Waals surface area contributed by atoms with E-state index < -0.39 is 12.2 Å². The fourth-order valence-corrected chi connectivity index (χ4v) is 1.89. The van der Waals surface area contributed by atoms with Crippen molar-refractivity contribution in [1.29, 1.82) is 0 Å². The monoisotopic (exact) mass is 364 g/mol. The van der Waals surface area contributed by atoms with E-state index in [4.69, 9.17) is 0 Å². The van der Waals surface area contributed by atoms with Crippen molar-refractivity contribution in [1.82, 2.24) is 4.98 Å². The molecule has 0 aliphatic carbocycles. The molecule has 3 nitrogen and oxygen atoms in total. The lowest BCUT2D eigenvalue weighted by Crippen LogP contribution is -2.17. The highest BCUT2D eigenvalue weighted by atomic mass is 79.9. The van der Waals surface area contributed by atoms with Crippen LogP contribution in [0.5, 0.6) is 5.75 Å². The van der Waals surface area contributed by atoms with Gasteiger partial charge in [0, 0.05) is 17.2 Å². The van der Waals surface area contributed by atoms with Gasteiger partial charge in [-0.3, -0.25) is 0 Å². The molecule has 0 bridgehead atoms. The molecule has 21 heavy (non-hydrogen) atoms. The van der Waals surface area contributed by atoms with E-state index in [9.17, 15) is 17.6 Å². The minimum absolute atomic E-state index is 0.0142. The Balaban J connectivity index is 2.05. The van der Waals surface area contributed by atoms with Crippen molar-refractivity contribution in [3.8, 4) is 5.75 Å². The summed E-state index contributed by atoms with van der Waals surface area (Å²) in [5, 5.41) is 2.70. The number of nitrogens with one attached hydrogen (secondary N) is 1. The van der Waals surface area contributed by atoms with E-state index in [0.717, 1.165) is 0 Å². The average molecular weight is 365 g/mol. The predicted octanol–water partition coefficient (Wildman–Crippen LogP) is 4.49. The summed E-state index contributed by atoms with van der Waals surface area (Å²) < 4.78 is 54.2. The molecule has 112 valence electrons. The predicted molar refractivity (Wildman–Crippen MR) is 72.3 cm³/mol. The number of hydrogen-bond donors (Lipinski definition) is 1. The summed E-state index contributed by atoms with van der Waals surface area (Å²) >= 11 is 3.08. The molecule has 1 heterocycles. The van der Waals surface area contributed by atoms with Crippen LogP contribution in [-0.2, 0) is 6.54 Å². The fraction of sp³-hybridized carbons (Fsp3) is 0.154. The largest absolute Gasteiger partial charge is 0.573 e. The molecule has 0 atom stereocenters. The minimum atomic E-state index is -4.74. The van der Waals surface area contributed by atoms with Crippen LogP contribution in [0.15, 0.2) is 41.0 Å². The lowest BCUT2D eigenvalue weighted by Gasteiger charge is -2.11. The third-order valence-corrected chi connectivity index (χ3v) is 2.83. The maximum atomic E-state index is 13.5. The fourth-order valence-electron chi connectivity index (χ4n) is 1.58. The van der Waals surface area contributed by atoms with Gasteiger partial charge in [-0.2, -0.15) is 0 Å². The van der Waals surface area contributed by atoms with Crippen LogP contribution in [-0.4, -0.2) is 11.3 Å². The van der Waals surface area contributed by atoms with Gasteiger partial charge in [0.1, 0.15) is 5.75 Å². The molecular weight excluding hydrogens is 356 g/mol. The number of nitrogens with zero attached hydrogens (tertiary/aromatic N) is 1. The van der Waals surface area contributed by atoms with Crippen molar-refractivity contribution < 1.29 is 22.3 Å². The average Bonchev–Trinajstić information content (AvgIpc) is 2.36. The number of halogens is 5. The molecule has 0 saturated carbocycles. The van der Waals surface area contributed by atoms with E-state index in [1.807, 2.05) is 0 Å². The standard InChI is InChI=1S/C13H9BrF4N2O/c14-9-5-11(15)12(20-7-9)19-6-8-2-1-3-10(4-8)21-13(16,17)18/h1-5,7H,6H2,(H,19,20). The maximum absolute atomic E-state index is 13.5. The SMILES string of the molecule is Fc1cc(Br)cnc1NCc1cccc(OC(F)(F)F)c1. The van der Waals surface area contributed by atoms with Crippen LogP contribution in [0.4, 0.5) is 23.4 Å². The second-order valence-electron chi connectivity index (χ2n) is 4.03. The lowest BCUT2D eigenvalue weighted by molar-refractivity contribution is -0.274. The molecule has 0 unspecified atom stereocenters. The maximum Gasteiger partial charge on any atom is 0.573 e. The Morgan fingerprint density at radius 1 is 1.24 bits per heavy atom. The quantitative estimate of drug-likeness (QED) is 0.811. The molecule has 0 fully saturated rings. The van der Waals surface area contributed by atoms with Crippen molar-refractivity contribution in [3.63, 3.8) is 0 Å². The van der Waals surface area contributed by atoms with Crippen molar-refractivity contribution in [2.45, 2.75) is 12.9 Å². The molecule has 2 aromatic rings. The molecule has 0 saturated heterocycles. The van der Waals surface area contributed by atoms with Crippen LogP contribution in [0, 0.1) is 5.82 Å². The highest BCUT2D eigenvalue weighted by Crippen LogP contribution is 2.24. The highest BCUT2D eigenvalue weighted by molar-refractivity contribution is 9.10. The second kappa shape index (κ2) is 6.30. The summed E-state index contributed by atoms with van der Waals surface area (Å²) in [5.74, 6) is -0.876. The molecular formula is C13H9BrF4N2O. The number of hydrogen-bond acceptors (Lipinski definition) is 3. The summed E-state index contributed by atoms with van der Waals surface area (Å²) in [6, 6.07) is 6.65. The second-order valence-corrected chi connectivity index (χ2v) is 4.95. The third-order valence-electron chi connectivity index (χ3n) is 2.40. The number of alkyl halides is 3. The van der Waals surface area contributed by atoms with Gasteiger partial charge in [0.15, 0.2) is 11.6 Å². The van der Waals surface area contributed by atoms with E-state index in [2.05, 4.69) is 31.0 Å². The Labute approximate surface area is 126 Å². The van der Waals surface area contributed by atoms with Crippen molar-refractivity contribution in [3.05, 3.63) is 52.4 Å². The first-order chi connectivity index (χ1) is 9.83. The molecule has 0 aliphatic heterocycles. The summed E-state index contributed by atoms with van der Waals surface area (Å²) in [6.45, 7) is 0.112. The first-order valence-electron chi connectivity index (χ1n) is 5.73. The number of ether oxygens (including phenoxy) is 1. The number of rotatable bonds is 4. The number of pyridine rings is 1. The Morgan fingerprint density at radius 3 is 2.67 bits per heavy atom. The normalized spacial score (nSPS) is 11.3. The minimum Gasteiger partial charge on any atom is -0.406 e. The molecule has 0 spiro atoms. The van der Waals surface area contributed by atoms with Gasteiger partial charge in [0.05, 0.1) is 0 Å². The van der Waals surface area contributed by atoms with E-state index in [1.165, 1.54) is 30.5 Å². The molecule has 8 heteroatoms. The van der Waals surface area contributed by atoms with Crippen LogP contribution in [0.1, 0.15) is 5.56 Å². The topological polar surface area (TPSA) is 34.2 Å². The van der Waals surface area contributed by atoms with Crippen LogP contribution in [0.2, 0.25) is 0 Å². The van der Waals surface area contributed by atoms with Gasteiger partial charge in [0.2, 0.25) is 0 Å². The first kappa shape index (κ1) is 15.6. The summed E-state index contributed by atoms with van der Waals surface area (Å²) in [5.41, 5.74) is 0.501. The van der Waals surface area contributed by atoms with Crippen molar-refractivity contribution in [2.24, 2.45) is 0 Å². The number of anilines is 1. The Hall–Kier alpha value is -1.83. The van der Waals surface area contributed by atoms with Crippen LogP contribution in [0.25, 0.3) is 0 Å². The van der Waals surface area contributed by atoms with Crippen LogP contribution >= 0.6 is 15.9 Å². The number of aromatic nitrogens is 1. The first-order valence-corrected chi connectivity index (χ1v) is 6.52. The van der Waals surface area contributed by atoms with E-state index in [0.29, 0.717) is 10.0 Å². The van der Waals surface area contributed by atoms with Gasteiger partial charge in [-0.1, -0.05) is 12.1 Å². The van der Waals surface area contributed by atoms with Gasteiger partial charge >= 0.3 is 6.36 Å². The highest BCUT2D eigenvalue weighted by Gasteiger charge is 2.31. The van der Waals surface area contributed by atoms with Gasteiger partial charge in [-0.15, -0.1) is 13.2 Å². The van der Waals surface area contributed by atoms with Gasteiger partial charge in [-0.25, -0.2) is 9.37 Å². The lowest BCUT2D eigenvalue weighted by atomic mass is 10.2. The van der Waals surface area contributed by atoms with Crippen molar-refractivity contribution >= 4 is 21.7 Å². The summed E-state index contributed by atoms with van der Waals surface area (Å²) in [7, 11) is 0. The van der Waals surface area contributed by atoms with Crippen LogP contribution < -0.4 is 10.1 Å². The molecule has 1 N–H and O–H groups in total. The summed E-state index contributed by atoms with van der Waals surface area (Å²) in [4.78, 5) is 3.83. The molecule has 0 radical (unpaired) electrons. The molecule has 1 aromatic heterocycles. The summed E-state index contributed by atoms with van der Waals surface area (Å²) in [6.07, 6.45) is -3.33. The van der Waals surface area contributed by atoms with E-state index >= 15 is 0 Å². The third kappa shape index (κ3) is 4.89. The van der Waals surface area contributed by atoms with Crippen molar-refractivity contribution in [2.75, 3.05) is 5.32 Å². The molecule has 0 aliphatic rings. The zero-order valence-corrected chi connectivity index (χ0v) is 12.0. The number of benzene rings is 1. The zero-order valence-electron chi connectivity index (χ0n) is 10.4. The smallest absolute Gasteiger partial charge is 0.406 e. The molecule has 0 amide bonds. The molecule has 1 aromatic carbocycles. The zero-order chi connectivity index (χ0) is 15.5. The Kier molecular flexibility index (Phi) is 4.66. The Bertz CT molecular complexity index is 634. The van der Waals surface area contributed by atoms with E-state index in [-0.39, 0.29) is 18.1 Å². The van der Waals surface area contributed by atoms with E-state index in [1.54, 1.807) is 6.07 Å².